The minimum atomic E-state index is -1.08. The Bertz CT molecular complexity index is 155. The van der Waals surface area contributed by atoms with Gasteiger partial charge in [-0.3, -0.25) is 0 Å². The van der Waals surface area contributed by atoms with Crippen LogP contribution in [0, 0.1) is 0 Å². The Morgan fingerprint density at radius 2 is 0.700 bits per heavy atom. The molecule has 0 aromatic heterocycles. The third-order valence-electron chi connectivity index (χ3n) is 0.167. The molecule has 0 amide bonds. The molecule has 8 nitrogen and oxygen atoms in total. The molecule has 4 N–H and O–H groups in total. The van der Waals surface area contributed by atoms with Gasteiger partial charge < -0.3 is 41.2 Å². The second-order valence-corrected chi connectivity index (χ2v) is 2.05. The standard InChI is InChI=1S/C2H8N2.3C2H4O2.4Na/c3-1-2-4;3*1-2(3)4;;;;/h1-4H2;3*1H3,(H,3,4);;;;/q;;;;4*+1/p-3. The third-order valence-corrected chi connectivity index (χ3v) is 0.167. The van der Waals surface area contributed by atoms with Gasteiger partial charge in [-0.15, -0.1) is 0 Å². The average molecular weight is 329 g/mol. The largest absolute Gasteiger partial charge is 1.00 e. The fourth-order valence-corrected chi connectivity index (χ4v) is 0. The second-order valence-electron chi connectivity index (χ2n) is 2.05. The fraction of sp³-hybridized carbons (Fsp3) is 0.625. The fourth-order valence-electron chi connectivity index (χ4n) is 0. The molecule has 0 saturated carbocycles. The number of hydrogen-bond acceptors (Lipinski definition) is 8. The van der Waals surface area contributed by atoms with Crippen LogP contribution in [0.25, 0.3) is 0 Å². The van der Waals surface area contributed by atoms with Gasteiger partial charge in [0.1, 0.15) is 0 Å². The molecule has 0 rings (SSSR count). The summed E-state index contributed by atoms with van der Waals surface area (Å²) in [6, 6.07) is 0. The molecular weight excluding hydrogens is 312 g/mol. The Morgan fingerprint density at radius 3 is 0.700 bits per heavy atom. The van der Waals surface area contributed by atoms with Crippen LogP contribution in [-0.4, -0.2) is 31.0 Å². The van der Waals surface area contributed by atoms with E-state index in [4.69, 9.17) is 41.2 Å². The van der Waals surface area contributed by atoms with Crippen LogP contribution < -0.4 is 145 Å². The Labute approximate surface area is 208 Å². The number of nitrogens with two attached hydrogens (primary N) is 2. The summed E-state index contributed by atoms with van der Waals surface area (Å²) < 4.78 is 0. The molecule has 98 valence electrons. The summed E-state index contributed by atoms with van der Waals surface area (Å²) in [5.41, 5.74) is 9.81. The van der Waals surface area contributed by atoms with Crippen LogP contribution in [0.3, 0.4) is 0 Å². The van der Waals surface area contributed by atoms with Crippen LogP contribution in [0.4, 0.5) is 0 Å². The maximum Gasteiger partial charge on any atom is 1.00 e. The van der Waals surface area contributed by atoms with Gasteiger partial charge in [-0.2, -0.15) is 0 Å². The van der Waals surface area contributed by atoms with E-state index >= 15 is 0 Å². The Kier molecular flexibility index (Phi) is 123. The number of hydrogen-bond donors (Lipinski definition) is 2. The van der Waals surface area contributed by atoms with Crippen LogP contribution in [0.1, 0.15) is 20.8 Å². The summed E-state index contributed by atoms with van der Waals surface area (Å²) in [6.07, 6.45) is 0. The SMILES string of the molecule is CC(=O)[O-].CC(=O)[O-].CC(=O)[O-].NCCN.[Na+].[Na+].[Na+].[Na+]. The summed E-state index contributed by atoms with van der Waals surface area (Å²) in [6.45, 7) is 4.11. The Balaban J connectivity index is -0.0000000150. The molecule has 0 aliphatic carbocycles. The van der Waals surface area contributed by atoms with Crippen LogP contribution in [0.5, 0.6) is 0 Å². The minimum Gasteiger partial charge on any atom is -0.550 e. The summed E-state index contributed by atoms with van der Waals surface area (Å²) in [5.74, 6) is -3.25. The zero-order chi connectivity index (χ0) is 14.1. The van der Waals surface area contributed by atoms with Crippen molar-refractivity contribution in [2.75, 3.05) is 13.1 Å². The zero-order valence-electron chi connectivity index (χ0n) is 13.5. The van der Waals surface area contributed by atoms with Crippen LogP contribution >= 0.6 is 0 Å². The molecule has 0 aliphatic rings. The molecule has 0 bridgehead atoms. The molecule has 0 heterocycles. The van der Waals surface area contributed by atoms with E-state index in [0.29, 0.717) is 13.1 Å². The number of rotatable bonds is 1. The van der Waals surface area contributed by atoms with E-state index in [2.05, 4.69) is 0 Å². The van der Waals surface area contributed by atoms with Gasteiger partial charge in [0.2, 0.25) is 0 Å². The first-order valence-electron chi connectivity index (χ1n) is 4.04. The Hall–Kier alpha value is 2.33. The molecule has 0 spiro atoms. The smallest absolute Gasteiger partial charge is 0.550 e. The van der Waals surface area contributed by atoms with E-state index in [1.165, 1.54) is 0 Å². The number of aliphatic carboxylic acids is 3. The minimum absolute atomic E-state index is 0. The molecule has 0 radical (unpaired) electrons. The van der Waals surface area contributed by atoms with Crippen molar-refractivity contribution in [1.29, 1.82) is 0 Å². The number of carboxylic acid groups (broad SMARTS) is 3. The van der Waals surface area contributed by atoms with E-state index < -0.39 is 17.9 Å². The van der Waals surface area contributed by atoms with Gasteiger partial charge in [0, 0.05) is 31.0 Å². The first-order chi connectivity index (χ1) is 7.11. The maximum atomic E-state index is 8.89. The van der Waals surface area contributed by atoms with Gasteiger partial charge >= 0.3 is 118 Å². The molecular formula is C8H17N2Na4O6+. The van der Waals surface area contributed by atoms with Crippen molar-refractivity contribution in [1.82, 2.24) is 0 Å². The van der Waals surface area contributed by atoms with E-state index in [-0.39, 0.29) is 118 Å². The molecule has 0 aromatic rings. The molecule has 0 fully saturated rings. The van der Waals surface area contributed by atoms with E-state index in [9.17, 15) is 0 Å². The number of carbonyl (C=O) groups is 3. The van der Waals surface area contributed by atoms with E-state index in [1.807, 2.05) is 0 Å². The maximum absolute atomic E-state index is 8.89. The Morgan fingerprint density at radius 1 is 0.650 bits per heavy atom. The van der Waals surface area contributed by atoms with Crippen molar-refractivity contribution >= 4 is 17.9 Å². The van der Waals surface area contributed by atoms with Crippen molar-refractivity contribution < 1.29 is 148 Å². The van der Waals surface area contributed by atoms with E-state index in [0.717, 1.165) is 20.8 Å². The third kappa shape index (κ3) is 685. The predicted octanol–water partition coefficient (Wildman–Crippen LogP) is -16.8. The van der Waals surface area contributed by atoms with Crippen LogP contribution in [-0.2, 0) is 14.4 Å². The molecule has 0 saturated heterocycles. The normalized spacial score (nSPS) is 5.25. The summed E-state index contributed by atoms with van der Waals surface area (Å²) in [5, 5.41) is 26.7. The molecule has 12 heteroatoms. The second kappa shape index (κ2) is 49.6. The van der Waals surface area contributed by atoms with Gasteiger partial charge in [0.25, 0.3) is 0 Å². The number of carboxylic acids is 3. The number of carbonyl (C=O) groups excluding carboxylic acids is 3. The van der Waals surface area contributed by atoms with Gasteiger partial charge in [-0.25, -0.2) is 0 Å². The summed E-state index contributed by atoms with van der Waals surface area (Å²) >= 11 is 0. The molecule has 0 atom stereocenters. The first-order valence-corrected chi connectivity index (χ1v) is 4.04. The summed E-state index contributed by atoms with van der Waals surface area (Å²) in [7, 11) is 0. The molecule has 0 unspecified atom stereocenters. The van der Waals surface area contributed by atoms with Crippen molar-refractivity contribution in [3.8, 4) is 0 Å². The van der Waals surface area contributed by atoms with E-state index in [1.54, 1.807) is 0 Å². The quantitative estimate of drug-likeness (QED) is 0.446. The van der Waals surface area contributed by atoms with Gasteiger partial charge in [0.05, 0.1) is 0 Å². The molecule has 0 aliphatic heterocycles. The van der Waals surface area contributed by atoms with Crippen molar-refractivity contribution in [3.63, 3.8) is 0 Å². The molecule has 0 aromatic carbocycles. The molecule has 20 heavy (non-hydrogen) atoms. The van der Waals surface area contributed by atoms with Gasteiger partial charge in [-0.05, 0) is 20.8 Å². The van der Waals surface area contributed by atoms with Gasteiger partial charge in [0.15, 0.2) is 0 Å². The topological polar surface area (TPSA) is 172 Å². The van der Waals surface area contributed by atoms with Crippen molar-refractivity contribution in [2.45, 2.75) is 20.8 Å². The predicted molar refractivity (Wildman–Crippen MR) is 50.2 cm³/mol. The van der Waals surface area contributed by atoms with Gasteiger partial charge in [-0.1, -0.05) is 0 Å². The zero-order valence-corrected chi connectivity index (χ0v) is 21.5. The van der Waals surface area contributed by atoms with Crippen molar-refractivity contribution in [2.24, 2.45) is 11.5 Å². The average Bonchev–Trinajstić information content (AvgIpc) is 2.00. The monoisotopic (exact) mass is 329 g/mol. The van der Waals surface area contributed by atoms with Crippen LogP contribution in [0.15, 0.2) is 0 Å². The summed E-state index contributed by atoms with van der Waals surface area (Å²) in [4.78, 5) is 26.7. The van der Waals surface area contributed by atoms with Crippen LogP contribution in [0.2, 0.25) is 0 Å². The first kappa shape index (κ1) is 49.5. The van der Waals surface area contributed by atoms with Crippen molar-refractivity contribution in [3.05, 3.63) is 0 Å².